The Bertz CT molecular complexity index is 596. The maximum atomic E-state index is 11.7. The third kappa shape index (κ3) is 2.63. The van der Waals surface area contributed by atoms with Crippen LogP contribution in [-0.4, -0.2) is 26.6 Å². The number of carbonyl (C=O) groups is 2. The van der Waals surface area contributed by atoms with Crippen molar-refractivity contribution in [3.05, 3.63) is 39.9 Å². The standard InChI is InChI=1S/C10H5ClN2O4S/c11-5-1-3-6(4-2-5)17-10(16)8-7(9(14)15)12-13-18-8/h1-4H,(H,14,15). The number of rotatable bonds is 3. The average Bonchev–Trinajstić information content (AvgIpc) is 2.81. The number of nitrogens with zero attached hydrogens (tertiary/aromatic N) is 2. The number of aromatic carboxylic acids is 1. The van der Waals surface area contributed by atoms with Gasteiger partial charge in [0.2, 0.25) is 0 Å². The summed E-state index contributed by atoms with van der Waals surface area (Å²) in [5, 5.41) is 12.6. The van der Waals surface area contributed by atoms with Gasteiger partial charge in [0, 0.05) is 5.02 Å². The SMILES string of the molecule is O=C(O)c1nnsc1C(=O)Oc1ccc(Cl)cc1. The second-order valence-electron chi connectivity index (χ2n) is 3.10. The van der Waals surface area contributed by atoms with Crippen molar-refractivity contribution in [2.75, 3.05) is 0 Å². The highest BCUT2D eigenvalue weighted by atomic mass is 35.5. The third-order valence-corrected chi connectivity index (χ3v) is 2.86. The minimum Gasteiger partial charge on any atom is -0.476 e. The van der Waals surface area contributed by atoms with Crippen molar-refractivity contribution in [3.63, 3.8) is 0 Å². The number of carboxylic acid groups (broad SMARTS) is 1. The molecule has 1 aromatic carbocycles. The van der Waals surface area contributed by atoms with Gasteiger partial charge in [-0.15, -0.1) is 5.10 Å². The fourth-order valence-electron chi connectivity index (χ4n) is 1.12. The van der Waals surface area contributed by atoms with E-state index in [9.17, 15) is 9.59 Å². The predicted octanol–water partition coefficient (Wildman–Crippen LogP) is 2.11. The molecule has 2 rings (SSSR count). The molecule has 0 unspecified atom stereocenters. The number of hydrogen-bond donors (Lipinski definition) is 1. The molecule has 0 radical (unpaired) electrons. The van der Waals surface area contributed by atoms with Crippen LogP contribution in [0.25, 0.3) is 0 Å². The van der Waals surface area contributed by atoms with E-state index in [0.29, 0.717) is 16.6 Å². The van der Waals surface area contributed by atoms with Crippen molar-refractivity contribution in [2.24, 2.45) is 0 Å². The predicted molar refractivity (Wildman–Crippen MR) is 63.3 cm³/mol. The molecule has 0 saturated carbocycles. The zero-order valence-corrected chi connectivity index (χ0v) is 10.2. The van der Waals surface area contributed by atoms with Gasteiger partial charge in [-0.1, -0.05) is 16.1 Å². The summed E-state index contributed by atoms with van der Waals surface area (Å²) in [5.41, 5.74) is -0.418. The summed E-state index contributed by atoms with van der Waals surface area (Å²) in [7, 11) is 0. The molecular formula is C10H5ClN2O4S. The van der Waals surface area contributed by atoms with E-state index >= 15 is 0 Å². The van der Waals surface area contributed by atoms with E-state index in [-0.39, 0.29) is 10.6 Å². The molecule has 0 fully saturated rings. The lowest BCUT2D eigenvalue weighted by Crippen LogP contribution is -2.12. The van der Waals surface area contributed by atoms with Gasteiger partial charge in [0.05, 0.1) is 0 Å². The Morgan fingerprint density at radius 1 is 1.28 bits per heavy atom. The van der Waals surface area contributed by atoms with Crippen LogP contribution in [-0.2, 0) is 0 Å². The normalized spacial score (nSPS) is 10.1. The summed E-state index contributed by atoms with van der Waals surface area (Å²) in [5.74, 6) is -1.88. The quantitative estimate of drug-likeness (QED) is 0.686. The van der Waals surface area contributed by atoms with Gasteiger partial charge in [-0.05, 0) is 35.8 Å². The molecule has 0 amide bonds. The molecule has 6 nitrogen and oxygen atoms in total. The van der Waals surface area contributed by atoms with Crippen molar-refractivity contribution in [1.82, 2.24) is 9.59 Å². The maximum Gasteiger partial charge on any atom is 0.358 e. The Labute approximate surface area is 110 Å². The lowest BCUT2D eigenvalue weighted by atomic mass is 10.3. The van der Waals surface area contributed by atoms with Gasteiger partial charge in [0.15, 0.2) is 10.6 Å². The highest BCUT2D eigenvalue weighted by Gasteiger charge is 2.23. The topological polar surface area (TPSA) is 89.4 Å². The van der Waals surface area contributed by atoms with Crippen molar-refractivity contribution in [2.45, 2.75) is 0 Å². The molecule has 18 heavy (non-hydrogen) atoms. The Kier molecular flexibility index (Phi) is 3.54. The molecule has 8 heteroatoms. The first-order chi connectivity index (χ1) is 8.58. The van der Waals surface area contributed by atoms with Gasteiger partial charge < -0.3 is 9.84 Å². The molecule has 0 aliphatic heterocycles. The highest BCUT2D eigenvalue weighted by Crippen LogP contribution is 2.19. The van der Waals surface area contributed by atoms with Crippen LogP contribution >= 0.6 is 23.1 Å². The van der Waals surface area contributed by atoms with Crippen LogP contribution < -0.4 is 4.74 Å². The van der Waals surface area contributed by atoms with E-state index in [1.165, 1.54) is 12.1 Å². The minimum absolute atomic E-state index is 0.155. The van der Waals surface area contributed by atoms with Crippen LogP contribution in [0.4, 0.5) is 0 Å². The average molecular weight is 285 g/mol. The van der Waals surface area contributed by atoms with Crippen LogP contribution in [0.1, 0.15) is 20.2 Å². The van der Waals surface area contributed by atoms with Gasteiger partial charge in [0.25, 0.3) is 0 Å². The van der Waals surface area contributed by atoms with Crippen LogP contribution in [0.15, 0.2) is 24.3 Å². The smallest absolute Gasteiger partial charge is 0.358 e. The van der Waals surface area contributed by atoms with Crippen molar-refractivity contribution in [1.29, 1.82) is 0 Å². The van der Waals surface area contributed by atoms with Crippen LogP contribution in [0.3, 0.4) is 0 Å². The van der Waals surface area contributed by atoms with Crippen LogP contribution in [0.2, 0.25) is 5.02 Å². The van der Waals surface area contributed by atoms with Gasteiger partial charge >= 0.3 is 11.9 Å². The Morgan fingerprint density at radius 2 is 1.94 bits per heavy atom. The first-order valence-corrected chi connectivity index (χ1v) is 5.76. The number of benzene rings is 1. The first kappa shape index (κ1) is 12.5. The van der Waals surface area contributed by atoms with E-state index in [1.54, 1.807) is 12.1 Å². The molecule has 2 aromatic rings. The molecule has 0 atom stereocenters. The summed E-state index contributed by atoms with van der Waals surface area (Å²) in [6, 6.07) is 6.09. The maximum absolute atomic E-state index is 11.7. The van der Waals surface area contributed by atoms with Gasteiger partial charge in [0.1, 0.15) is 5.75 Å². The lowest BCUT2D eigenvalue weighted by molar-refractivity contribution is 0.0665. The monoisotopic (exact) mass is 284 g/mol. The van der Waals surface area contributed by atoms with Crippen molar-refractivity contribution in [3.8, 4) is 5.75 Å². The largest absolute Gasteiger partial charge is 0.476 e. The summed E-state index contributed by atoms with van der Waals surface area (Å²) < 4.78 is 8.38. The van der Waals surface area contributed by atoms with Crippen molar-refractivity contribution < 1.29 is 19.4 Å². The molecule has 1 N–H and O–H groups in total. The first-order valence-electron chi connectivity index (χ1n) is 4.61. The number of aromatic nitrogens is 2. The fraction of sp³-hybridized carbons (Fsp3) is 0. The van der Waals surface area contributed by atoms with Gasteiger partial charge in [-0.3, -0.25) is 0 Å². The van der Waals surface area contributed by atoms with E-state index in [4.69, 9.17) is 21.4 Å². The molecule has 0 aliphatic carbocycles. The van der Waals surface area contributed by atoms with Crippen molar-refractivity contribution >= 4 is 35.1 Å². The molecule has 0 bridgehead atoms. The highest BCUT2D eigenvalue weighted by molar-refractivity contribution is 7.08. The van der Waals surface area contributed by atoms with Crippen LogP contribution in [0.5, 0.6) is 5.75 Å². The summed E-state index contributed by atoms with van der Waals surface area (Å²) >= 11 is 6.34. The van der Waals surface area contributed by atoms with Crippen LogP contribution in [0, 0.1) is 0 Å². The minimum atomic E-state index is -1.33. The zero-order valence-electron chi connectivity index (χ0n) is 8.66. The lowest BCUT2D eigenvalue weighted by Gasteiger charge is -2.02. The third-order valence-electron chi connectivity index (χ3n) is 1.90. The molecule has 92 valence electrons. The summed E-state index contributed by atoms with van der Waals surface area (Å²) in [4.78, 5) is 22.3. The molecule has 1 heterocycles. The van der Waals surface area contributed by atoms with Gasteiger partial charge in [-0.25, -0.2) is 9.59 Å². The number of halogens is 1. The van der Waals surface area contributed by atoms with Gasteiger partial charge in [-0.2, -0.15) is 0 Å². The second kappa shape index (κ2) is 5.11. The zero-order chi connectivity index (χ0) is 13.1. The Hall–Kier alpha value is -1.99. The number of esters is 1. The molecule has 0 saturated heterocycles. The second-order valence-corrected chi connectivity index (χ2v) is 4.29. The molecular weight excluding hydrogens is 280 g/mol. The summed E-state index contributed by atoms with van der Waals surface area (Å²) in [6.07, 6.45) is 0. The summed E-state index contributed by atoms with van der Waals surface area (Å²) in [6.45, 7) is 0. The number of carbonyl (C=O) groups excluding carboxylic acids is 1. The molecule has 0 aliphatic rings. The van der Waals surface area contributed by atoms with E-state index in [1.807, 2.05) is 0 Å². The molecule has 1 aromatic heterocycles. The fourth-order valence-corrected chi connectivity index (χ4v) is 1.78. The number of ether oxygens (including phenoxy) is 1. The Morgan fingerprint density at radius 3 is 2.56 bits per heavy atom. The van der Waals surface area contributed by atoms with E-state index in [2.05, 4.69) is 9.59 Å². The molecule has 0 spiro atoms. The number of hydrogen-bond acceptors (Lipinski definition) is 6. The Balaban J connectivity index is 2.19. The number of carboxylic acids is 1. The van der Waals surface area contributed by atoms with E-state index in [0.717, 1.165) is 0 Å². The van der Waals surface area contributed by atoms with E-state index < -0.39 is 17.6 Å².